The Morgan fingerprint density at radius 1 is 1.20 bits per heavy atom. The molecule has 0 spiro atoms. The number of halogens is 2. The van der Waals surface area contributed by atoms with Crippen molar-refractivity contribution < 1.29 is 14.3 Å². The van der Waals surface area contributed by atoms with Gasteiger partial charge in [0.25, 0.3) is 0 Å². The van der Waals surface area contributed by atoms with E-state index in [1.807, 2.05) is 6.92 Å². The van der Waals surface area contributed by atoms with Gasteiger partial charge in [-0.25, -0.2) is 9.59 Å². The van der Waals surface area contributed by atoms with Gasteiger partial charge in [0.15, 0.2) is 0 Å². The summed E-state index contributed by atoms with van der Waals surface area (Å²) in [6.45, 7) is 2.13. The molecule has 0 aliphatic rings. The molecule has 0 saturated heterocycles. The first-order chi connectivity index (χ1) is 11.8. The zero-order valence-corrected chi connectivity index (χ0v) is 15.6. The maximum Gasteiger partial charge on any atom is 0.337 e. The minimum atomic E-state index is -0.463. The van der Waals surface area contributed by atoms with Crippen LogP contribution in [0.3, 0.4) is 0 Å². The van der Waals surface area contributed by atoms with Gasteiger partial charge < -0.3 is 15.0 Å². The third-order valence-corrected chi connectivity index (χ3v) is 4.54. The fourth-order valence-electron chi connectivity index (χ4n) is 2.21. The van der Waals surface area contributed by atoms with Gasteiger partial charge in [0, 0.05) is 19.3 Å². The lowest BCUT2D eigenvalue weighted by atomic mass is 10.1. The average molecular weight is 381 g/mol. The van der Waals surface area contributed by atoms with Crippen LogP contribution in [-0.2, 0) is 11.3 Å². The Morgan fingerprint density at radius 2 is 1.92 bits per heavy atom. The van der Waals surface area contributed by atoms with Crippen molar-refractivity contribution in [3.63, 3.8) is 0 Å². The van der Waals surface area contributed by atoms with Crippen LogP contribution in [0.5, 0.6) is 0 Å². The number of anilines is 1. The van der Waals surface area contributed by atoms with Crippen LogP contribution in [-0.4, -0.2) is 31.1 Å². The molecule has 0 radical (unpaired) electrons. The lowest BCUT2D eigenvalue weighted by Gasteiger charge is -2.20. The Bertz CT molecular complexity index is 809. The number of hydrogen-bond donors (Lipinski definition) is 1. The Morgan fingerprint density at radius 3 is 2.60 bits per heavy atom. The van der Waals surface area contributed by atoms with Crippen molar-refractivity contribution in [3.05, 3.63) is 63.1 Å². The molecule has 0 bridgehead atoms. The highest BCUT2D eigenvalue weighted by Crippen LogP contribution is 2.26. The number of aryl methyl sites for hydroxylation is 1. The number of carbonyl (C=O) groups excluding carboxylic acids is 2. The second-order valence-corrected chi connectivity index (χ2v) is 6.31. The molecule has 0 atom stereocenters. The van der Waals surface area contributed by atoms with Crippen molar-refractivity contribution in [2.24, 2.45) is 0 Å². The molecule has 25 heavy (non-hydrogen) atoms. The zero-order chi connectivity index (χ0) is 18.6. The van der Waals surface area contributed by atoms with Gasteiger partial charge in [-0.15, -0.1) is 0 Å². The number of nitrogens with one attached hydrogen (secondary N) is 1. The standard InChI is InChI=1S/C18H18Cl2N2O3/c1-11-7-8-12(17(23)25-3)9-15(11)21-18(24)22(2)10-13-5-4-6-14(19)16(13)20/h4-9H,10H2,1-3H3,(H,21,24). The molecule has 1 N–H and O–H groups in total. The van der Waals surface area contributed by atoms with Crippen LogP contribution in [0.2, 0.25) is 10.0 Å². The van der Waals surface area contributed by atoms with Crippen LogP contribution in [0.15, 0.2) is 36.4 Å². The van der Waals surface area contributed by atoms with E-state index in [4.69, 9.17) is 27.9 Å². The first-order valence-electron chi connectivity index (χ1n) is 7.47. The van der Waals surface area contributed by atoms with Crippen molar-refractivity contribution >= 4 is 40.9 Å². The molecular weight excluding hydrogens is 363 g/mol. The van der Waals surface area contributed by atoms with Gasteiger partial charge in [-0.05, 0) is 36.2 Å². The quantitative estimate of drug-likeness (QED) is 0.778. The number of esters is 1. The molecule has 0 aromatic heterocycles. The number of amides is 2. The lowest BCUT2D eigenvalue weighted by Crippen LogP contribution is -2.31. The summed E-state index contributed by atoms with van der Waals surface area (Å²) in [5.41, 5.74) is 2.47. The van der Waals surface area contributed by atoms with E-state index in [2.05, 4.69) is 5.32 Å². The lowest BCUT2D eigenvalue weighted by molar-refractivity contribution is 0.0600. The number of methoxy groups -OCH3 is 1. The Kier molecular flexibility index (Phi) is 6.28. The smallest absolute Gasteiger partial charge is 0.337 e. The van der Waals surface area contributed by atoms with Crippen molar-refractivity contribution in [3.8, 4) is 0 Å². The average Bonchev–Trinajstić information content (AvgIpc) is 2.60. The van der Waals surface area contributed by atoms with Gasteiger partial charge in [0.1, 0.15) is 0 Å². The molecule has 0 fully saturated rings. The molecule has 2 aromatic carbocycles. The summed E-state index contributed by atoms with van der Waals surface area (Å²) in [7, 11) is 2.95. The predicted molar refractivity (Wildman–Crippen MR) is 99.5 cm³/mol. The third kappa shape index (κ3) is 4.65. The summed E-state index contributed by atoms with van der Waals surface area (Å²) < 4.78 is 4.70. The highest BCUT2D eigenvalue weighted by Gasteiger charge is 2.15. The zero-order valence-electron chi connectivity index (χ0n) is 14.1. The van der Waals surface area contributed by atoms with E-state index < -0.39 is 5.97 Å². The van der Waals surface area contributed by atoms with Crippen LogP contribution in [0, 0.1) is 6.92 Å². The molecule has 0 saturated carbocycles. The van der Waals surface area contributed by atoms with E-state index in [0.717, 1.165) is 11.1 Å². The molecule has 0 aliphatic heterocycles. The molecule has 7 heteroatoms. The molecule has 2 aromatic rings. The summed E-state index contributed by atoms with van der Waals surface area (Å²) in [6.07, 6.45) is 0. The predicted octanol–water partition coefficient (Wildman–Crippen LogP) is 4.75. The minimum Gasteiger partial charge on any atom is -0.465 e. The molecule has 5 nitrogen and oxygen atoms in total. The van der Waals surface area contributed by atoms with Crippen molar-refractivity contribution in [2.45, 2.75) is 13.5 Å². The normalized spacial score (nSPS) is 10.3. The highest BCUT2D eigenvalue weighted by atomic mass is 35.5. The van der Waals surface area contributed by atoms with E-state index in [1.165, 1.54) is 12.0 Å². The monoisotopic (exact) mass is 380 g/mol. The molecule has 0 heterocycles. The molecule has 132 valence electrons. The van der Waals surface area contributed by atoms with E-state index in [0.29, 0.717) is 27.8 Å². The van der Waals surface area contributed by atoms with Gasteiger partial charge in [-0.3, -0.25) is 0 Å². The van der Waals surface area contributed by atoms with E-state index in [9.17, 15) is 9.59 Å². The van der Waals surface area contributed by atoms with E-state index in [-0.39, 0.29) is 6.03 Å². The second-order valence-electron chi connectivity index (χ2n) is 5.52. The topological polar surface area (TPSA) is 58.6 Å². The van der Waals surface area contributed by atoms with E-state index in [1.54, 1.807) is 43.4 Å². The summed E-state index contributed by atoms with van der Waals surface area (Å²) >= 11 is 12.2. The molecule has 0 unspecified atom stereocenters. The minimum absolute atomic E-state index is 0.293. The third-order valence-electron chi connectivity index (χ3n) is 3.69. The highest BCUT2D eigenvalue weighted by molar-refractivity contribution is 6.42. The number of rotatable bonds is 4. The van der Waals surface area contributed by atoms with Crippen LogP contribution in [0.4, 0.5) is 10.5 Å². The van der Waals surface area contributed by atoms with Crippen LogP contribution in [0.1, 0.15) is 21.5 Å². The van der Waals surface area contributed by atoms with Crippen LogP contribution < -0.4 is 5.32 Å². The number of carbonyl (C=O) groups is 2. The fraction of sp³-hybridized carbons (Fsp3) is 0.222. The van der Waals surface area contributed by atoms with Crippen molar-refractivity contribution in [1.82, 2.24) is 4.90 Å². The molecular formula is C18H18Cl2N2O3. The van der Waals surface area contributed by atoms with Gasteiger partial charge in [-0.1, -0.05) is 41.4 Å². The Labute approximate surface area is 156 Å². The largest absolute Gasteiger partial charge is 0.465 e. The van der Waals surface area contributed by atoms with Crippen LogP contribution in [0.25, 0.3) is 0 Å². The first kappa shape index (κ1) is 19.1. The fourth-order valence-corrected chi connectivity index (χ4v) is 2.59. The summed E-state index contributed by atoms with van der Waals surface area (Å²) in [4.78, 5) is 25.5. The van der Waals surface area contributed by atoms with Gasteiger partial charge in [0.2, 0.25) is 0 Å². The van der Waals surface area contributed by atoms with Gasteiger partial charge in [-0.2, -0.15) is 0 Å². The van der Waals surface area contributed by atoms with Crippen molar-refractivity contribution in [1.29, 1.82) is 0 Å². The molecule has 2 amide bonds. The second kappa shape index (κ2) is 8.23. The number of nitrogens with zero attached hydrogens (tertiary/aromatic N) is 1. The summed E-state index contributed by atoms with van der Waals surface area (Å²) in [5, 5.41) is 3.65. The van der Waals surface area contributed by atoms with Gasteiger partial charge in [0.05, 0.1) is 22.7 Å². The summed E-state index contributed by atoms with van der Waals surface area (Å²) in [5.74, 6) is -0.463. The SMILES string of the molecule is COC(=O)c1ccc(C)c(NC(=O)N(C)Cc2cccc(Cl)c2Cl)c1. The maximum absolute atomic E-state index is 12.4. The number of benzene rings is 2. The number of urea groups is 1. The Hall–Kier alpha value is -2.24. The molecule has 0 aliphatic carbocycles. The van der Waals surface area contributed by atoms with Crippen molar-refractivity contribution in [2.75, 3.05) is 19.5 Å². The number of ether oxygens (including phenoxy) is 1. The first-order valence-corrected chi connectivity index (χ1v) is 8.23. The Balaban J connectivity index is 2.13. The van der Waals surface area contributed by atoms with Gasteiger partial charge >= 0.3 is 12.0 Å². The van der Waals surface area contributed by atoms with E-state index >= 15 is 0 Å². The number of hydrogen-bond acceptors (Lipinski definition) is 3. The maximum atomic E-state index is 12.4. The summed E-state index contributed by atoms with van der Waals surface area (Å²) in [6, 6.07) is 9.91. The molecule has 2 rings (SSSR count). The van der Waals surface area contributed by atoms with Crippen LogP contribution >= 0.6 is 23.2 Å².